The third-order valence-corrected chi connectivity index (χ3v) is 4.48. The summed E-state index contributed by atoms with van der Waals surface area (Å²) in [5, 5.41) is 0. The molecule has 7 heteroatoms. The Labute approximate surface area is 130 Å². The number of ether oxygens (including phenoxy) is 1. The molecular formula is C15H23F2NO3S. The molecule has 0 aromatic heterocycles. The number of benzene rings is 1. The molecule has 0 saturated heterocycles. The minimum Gasteiger partial charge on any atom is -0.433 e. The van der Waals surface area contributed by atoms with E-state index in [4.69, 9.17) is 0 Å². The molecule has 0 amide bonds. The van der Waals surface area contributed by atoms with Gasteiger partial charge in [-0.1, -0.05) is 32.9 Å². The lowest BCUT2D eigenvalue weighted by Crippen LogP contribution is -2.45. The molecule has 0 fully saturated rings. The lowest BCUT2D eigenvalue weighted by atomic mass is 9.82. The number of nitrogens with one attached hydrogen (secondary N) is 1. The molecule has 1 aromatic rings. The third kappa shape index (κ3) is 5.88. The Morgan fingerprint density at radius 3 is 2.18 bits per heavy atom. The molecular weight excluding hydrogens is 312 g/mol. The molecule has 0 saturated carbocycles. The number of halogens is 2. The van der Waals surface area contributed by atoms with Gasteiger partial charge >= 0.3 is 6.61 Å². The van der Waals surface area contributed by atoms with Gasteiger partial charge < -0.3 is 4.74 Å². The van der Waals surface area contributed by atoms with E-state index >= 15 is 0 Å². The number of para-hydroxylation sites is 1. The van der Waals surface area contributed by atoms with Crippen molar-refractivity contribution >= 4 is 10.0 Å². The van der Waals surface area contributed by atoms with Gasteiger partial charge in [-0.05, 0) is 37.8 Å². The maximum Gasteiger partial charge on any atom is 0.387 e. The van der Waals surface area contributed by atoms with E-state index < -0.39 is 22.2 Å². The van der Waals surface area contributed by atoms with Crippen LogP contribution in [-0.2, 0) is 10.0 Å². The fourth-order valence-electron chi connectivity index (χ4n) is 2.65. The van der Waals surface area contributed by atoms with Crippen LogP contribution in [-0.4, -0.2) is 20.6 Å². The van der Waals surface area contributed by atoms with Gasteiger partial charge in [0.15, 0.2) is 0 Å². The number of rotatable bonds is 6. The third-order valence-electron chi connectivity index (χ3n) is 2.74. The zero-order chi connectivity index (χ0) is 17.2. The van der Waals surface area contributed by atoms with E-state index in [1.165, 1.54) is 24.3 Å². The van der Waals surface area contributed by atoms with E-state index in [1.807, 2.05) is 20.8 Å². The first-order valence-corrected chi connectivity index (χ1v) is 8.39. The van der Waals surface area contributed by atoms with E-state index in [9.17, 15) is 17.2 Å². The molecule has 1 rings (SSSR count). The molecule has 0 aliphatic rings. The highest BCUT2D eigenvalue weighted by Crippen LogP contribution is 2.30. The first-order chi connectivity index (χ1) is 9.82. The van der Waals surface area contributed by atoms with Gasteiger partial charge in [0.05, 0.1) is 0 Å². The standard InChI is InChI=1S/C15H23F2NO3S/c1-14(2,3)10-15(4,5)18-22(19,20)12-9-7-6-8-11(12)21-13(16)17/h6-9,13,18H,10H2,1-5H3. The van der Waals surface area contributed by atoms with Crippen molar-refractivity contribution in [2.24, 2.45) is 5.41 Å². The van der Waals surface area contributed by atoms with E-state index in [-0.39, 0.29) is 16.1 Å². The van der Waals surface area contributed by atoms with E-state index in [0.717, 1.165) is 0 Å². The maximum atomic E-state index is 12.5. The van der Waals surface area contributed by atoms with Crippen LogP contribution in [0.2, 0.25) is 0 Å². The summed E-state index contributed by atoms with van der Waals surface area (Å²) < 4.78 is 56.7. The first-order valence-electron chi connectivity index (χ1n) is 6.90. The summed E-state index contributed by atoms with van der Waals surface area (Å²) in [6.07, 6.45) is 0.580. The van der Waals surface area contributed by atoms with E-state index in [2.05, 4.69) is 9.46 Å². The molecule has 0 bridgehead atoms. The highest BCUT2D eigenvalue weighted by Gasteiger charge is 2.32. The minimum atomic E-state index is -3.97. The average Bonchev–Trinajstić information content (AvgIpc) is 2.23. The molecule has 22 heavy (non-hydrogen) atoms. The SMILES string of the molecule is CC(C)(C)CC(C)(C)NS(=O)(=O)c1ccccc1OC(F)F. The molecule has 0 spiro atoms. The molecule has 0 aliphatic heterocycles. The van der Waals surface area contributed by atoms with Crippen LogP contribution >= 0.6 is 0 Å². The predicted molar refractivity (Wildman–Crippen MR) is 81.5 cm³/mol. The van der Waals surface area contributed by atoms with Gasteiger partial charge in [0.2, 0.25) is 10.0 Å². The zero-order valence-corrected chi connectivity index (χ0v) is 14.3. The Kier molecular flexibility index (Phi) is 5.56. The predicted octanol–water partition coefficient (Wildman–Crippen LogP) is 3.78. The molecule has 0 aliphatic carbocycles. The Hall–Kier alpha value is -1.21. The van der Waals surface area contributed by atoms with Crippen LogP contribution in [0.4, 0.5) is 8.78 Å². The first kappa shape index (κ1) is 18.8. The van der Waals surface area contributed by atoms with Crippen LogP contribution < -0.4 is 9.46 Å². The lowest BCUT2D eigenvalue weighted by molar-refractivity contribution is -0.0517. The molecule has 0 radical (unpaired) electrons. The number of alkyl halides is 2. The van der Waals surface area contributed by atoms with Gasteiger partial charge in [0.1, 0.15) is 10.6 Å². The molecule has 0 unspecified atom stereocenters. The zero-order valence-electron chi connectivity index (χ0n) is 13.5. The van der Waals surface area contributed by atoms with Gasteiger partial charge in [-0.25, -0.2) is 13.1 Å². The number of hydrogen-bond donors (Lipinski definition) is 1. The van der Waals surface area contributed by atoms with E-state index in [0.29, 0.717) is 6.42 Å². The van der Waals surface area contributed by atoms with Gasteiger partial charge in [-0.2, -0.15) is 8.78 Å². The Bertz CT molecular complexity index is 607. The maximum absolute atomic E-state index is 12.5. The Balaban J connectivity index is 3.10. The van der Waals surface area contributed by atoms with E-state index in [1.54, 1.807) is 13.8 Å². The van der Waals surface area contributed by atoms with Crippen molar-refractivity contribution in [3.05, 3.63) is 24.3 Å². The van der Waals surface area contributed by atoms with Crippen LogP contribution in [0.1, 0.15) is 41.0 Å². The highest BCUT2D eigenvalue weighted by molar-refractivity contribution is 7.89. The molecule has 1 N–H and O–H groups in total. The second-order valence-corrected chi connectivity index (χ2v) is 8.70. The van der Waals surface area contributed by atoms with Gasteiger partial charge in [0, 0.05) is 5.54 Å². The average molecular weight is 335 g/mol. The van der Waals surface area contributed by atoms with Crippen LogP contribution in [0.15, 0.2) is 29.2 Å². The fraction of sp³-hybridized carbons (Fsp3) is 0.600. The van der Waals surface area contributed by atoms with Crippen molar-refractivity contribution in [1.29, 1.82) is 0 Å². The van der Waals surface area contributed by atoms with Crippen molar-refractivity contribution in [3.63, 3.8) is 0 Å². The van der Waals surface area contributed by atoms with Crippen molar-refractivity contribution in [3.8, 4) is 5.75 Å². The largest absolute Gasteiger partial charge is 0.433 e. The number of sulfonamides is 1. The lowest BCUT2D eigenvalue weighted by Gasteiger charge is -2.33. The summed E-state index contributed by atoms with van der Waals surface area (Å²) in [5.74, 6) is -0.364. The second kappa shape index (κ2) is 6.50. The second-order valence-electron chi connectivity index (χ2n) is 7.05. The molecule has 126 valence electrons. The molecule has 1 aromatic carbocycles. The van der Waals surface area contributed by atoms with Gasteiger partial charge in [0.25, 0.3) is 0 Å². The Morgan fingerprint density at radius 1 is 1.14 bits per heavy atom. The van der Waals surface area contributed by atoms with Crippen molar-refractivity contribution in [2.45, 2.75) is 58.1 Å². The van der Waals surface area contributed by atoms with Crippen LogP contribution in [0.25, 0.3) is 0 Å². The summed E-state index contributed by atoms with van der Waals surface area (Å²) in [6.45, 7) is 6.42. The summed E-state index contributed by atoms with van der Waals surface area (Å²) in [6, 6.07) is 5.35. The fourth-order valence-corrected chi connectivity index (χ4v) is 4.19. The van der Waals surface area contributed by atoms with Crippen molar-refractivity contribution in [1.82, 2.24) is 4.72 Å². The topological polar surface area (TPSA) is 55.4 Å². The summed E-state index contributed by atoms with van der Waals surface area (Å²) in [7, 11) is -3.97. The quantitative estimate of drug-likeness (QED) is 0.861. The molecule has 0 atom stereocenters. The molecule has 0 heterocycles. The summed E-state index contributed by atoms with van der Waals surface area (Å²) in [5.41, 5.74) is -0.819. The summed E-state index contributed by atoms with van der Waals surface area (Å²) in [4.78, 5) is -0.294. The minimum absolute atomic E-state index is 0.0923. The van der Waals surface area contributed by atoms with Crippen LogP contribution in [0, 0.1) is 5.41 Å². The highest BCUT2D eigenvalue weighted by atomic mass is 32.2. The monoisotopic (exact) mass is 335 g/mol. The van der Waals surface area contributed by atoms with Crippen molar-refractivity contribution < 1.29 is 21.9 Å². The van der Waals surface area contributed by atoms with Crippen LogP contribution in [0.5, 0.6) is 5.75 Å². The molecule has 4 nitrogen and oxygen atoms in total. The smallest absolute Gasteiger partial charge is 0.387 e. The number of hydrogen-bond acceptors (Lipinski definition) is 3. The van der Waals surface area contributed by atoms with Crippen LogP contribution in [0.3, 0.4) is 0 Å². The van der Waals surface area contributed by atoms with Crippen molar-refractivity contribution in [2.75, 3.05) is 0 Å². The normalized spacial score (nSPS) is 13.5. The summed E-state index contributed by atoms with van der Waals surface area (Å²) >= 11 is 0. The Morgan fingerprint density at radius 2 is 1.68 bits per heavy atom. The van der Waals surface area contributed by atoms with Gasteiger partial charge in [-0.15, -0.1) is 0 Å². The van der Waals surface area contributed by atoms with Gasteiger partial charge in [-0.3, -0.25) is 0 Å².